The number of halogens is 1. The molecule has 0 aliphatic rings. The van der Waals surface area contributed by atoms with Gasteiger partial charge in [-0.1, -0.05) is 46.6 Å². The second kappa shape index (κ2) is 10.1. The highest BCUT2D eigenvalue weighted by molar-refractivity contribution is 7.92. The zero-order chi connectivity index (χ0) is 23.3. The quantitative estimate of drug-likeness (QED) is 0.502. The number of hydrogen-bond acceptors (Lipinski definition) is 6. The number of aryl methyl sites for hydroxylation is 1. The first kappa shape index (κ1) is 23.7. The number of sulfonamides is 1. The molecule has 1 aromatic heterocycles. The van der Waals surface area contributed by atoms with Crippen LogP contribution in [0.5, 0.6) is 0 Å². The van der Waals surface area contributed by atoms with Crippen LogP contribution in [0, 0.1) is 13.8 Å². The third kappa shape index (κ3) is 6.08. The third-order valence-corrected chi connectivity index (χ3v) is 6.44. The largest absolute Gasteiger partial charge is 0.347 e. The molecule has 2 aromatic carbocycles. The second-order valence-electron chi connectivity index (χ2n) is 7.48. The number of nitrogens with zero attached hydrogens (tertiary/aromatic N) is 3. The molecule has 3 aromatic rings. The number of carbonyl (C=O) groups excluding carboxylic acids is 1. The summed E-state index contributed by atoms with van der Waals surface area (Å²) < 4.78 is 31.0. The van der Waals surface area contributed by atoms with Crippen molar-refractivity contribution in [3.8, 4) is 11.4 Å². The molecule has 0 bridgehead atoms. The monoisotopic (exact) mass is 476 g/mol. The summed E-state index contributed by atoms with van der Waals surface area (Å²) in [5, 5.41) is 7.15. The molecule has 10 heteroatoms. The van der Waals surface area contributed by atoms with Crippen molar-refractivity contribution in [1.29, 1.82) is 0 Å². The lowest BCUT2D eigenvalue weighted by Crippen LogP contribution is -2.32. The lowest BCUT2D eigenvalue weighted by molar-refractivity contribution is -0.121. The maximum Gasteiger partial charge on any atom is 0.246 e. The van der Waals surface area contributed by atoms with E-state index in [0.29, 0.717) is 34.4 Å². The van der Waals surface area contributed by atoms with E-state index in [9.17, 15) is 13.2 Å². The normalized spacial score (nSPS) is 11.4. The molecule has 0 saturated carbocycles. The number of benzene rings is 2. The Morgan fingerprint density at radius 3 is 2.66 bits per heavy atom. The van der Waals surface area contributed by atoms with Gasteiger partial charge in [-0.15, -0.1) is 0 Å². The van der Waals surface area contributed by atoms with Gasteiger partial charge in [-0.05, 0) is 44.0 Å². The van der Waals surface area contributed by atoms with Crippen LogP contribution < -0.4 is 9.62 Å². The van der Waals surface area contributed by atoms with E-state index in [0.717, 1.165) is 17.4 Å². The smallest absolute Gasteiger partial charge is 0.246 e. The lowest BCUT2D eigenvalue weighted by atomic mass is 10.1. The van der Waals surface area contributed by atoms with Crippen molar-refractivity contribution in [3.63, 3.8) is 0 Å². The summed E-state index contributed by atoms with van der Waals surface area (Å²) in [6.07, 6.45) is 1.61. The van der Waals surface area contributed by atoms with Crippen LogP contribution in [0.2, 0.25) is 5.02 Å². The maximum absolute atomic E-state index is 12.3. The number of hydrogen-bond donors (Lipinski definition) is 1. The van der Waals surface area contributed by atoms with Gasteiger partial charge < -0.3 is 9.84 Å². The van der Waals surface area contributed by atoms with Gasteiger partial charge in [0.05, 0.1) is 18.5 Å². The molecular weight excluding hydrogens is 452 g/mol. The highest BCUT2D eigenvalue weighted by Gasteiger charge is 2.20. The Morgan fingerprint density at radius 2 is 1.94 bits per heavy atom. The number of anilines is 1. The fraction of sp³-hybridized carbons (Fsp3) is 0.318. The van der Waals surface area contributed by atoms with Gasteiger partial charge >= 0.3 is 0 Å². The van der Waals surface area contributed by atoms with E-state index < -0.39 is 10.0 Å². The van der Waals surface area contributed by atoms with Crippen LogP contribution in [0.25, 0.3) is 11.4 Å². The molecule has 0 saturated heterocycles. The van der Waals surface area contributed by atoms with Crippen molar-refractivity contribution in [1.82, 2.24) is 15.5 Å². The van der Waals surface area contributed by atoms with Crippen LogP contribution >= 0.6 is 11.6 Å². The number of carbonyl (C=O) groups is 1. The minimum absolute atomic E-state index is 0.0981. The van der Waals surface area contributed by atoms with Crippen LogP contribution in [0.4, 0.5) is 5.69 Å². The molecule has 8 nitrogen and oxygen atoms in total. The van der Waals surface area contributed by atoms with Crippen molar-refractivity contribution >= 4 is 33.2 Å². The average molecular weight is 477 g/mol. The first-order chi connectivity index (χ1) is 15.1. The Morgan fingerprint density at radius 1 is 1.19 bits per heavy atom. The fourth-order valence-electron chi connectivity index (χ4n) is 3.21. The highest BCUT2D eigenvalue weighted by atomic mass is 35.5. The standard InChI is InChI=1S/C22H25ClN4O4S/c1-15-7-4-8-17(13-15)22-25-21(31-26-22)14-24-20(28)11-6-12-27(32(3,29)30)19-10-5-9-18(23)16(19)2/h4-5,7-10,13H,6,11-12,14H2,1-3H3,(H,24,28). The predicted octanol–water partition coefficient (Wildman–Crippen LogP) is 3.87. The molecule has 0 unspecified atom stereocenters. The van der Waals surface area contributed by atoms with E-state index in [2.05, 4.69) is 15.5 Å². The van der Waals surface area contributed by atoms with E-state index in [-0.39, 0.29) is 25.4 Å². The Balaban J connectivity index is 1.54. The Kier molecular flexibility index (Phi) is 7.52. The first-order valence-corrected chi connectivity index (χ1v) is 12.3. The van der Waals surface area contributed by atoms with E-state index >= 15 is 0 Å². The predicted molar refractivity (Wildman–Crippen MR) is 124 cm³/mol. The molecule has 0 radical (unpaired) electrons. The summed E-state index contributed by atoms with van der Waals surface area (Å²) in [6.45, 7) is 3.99. The van der Waals surface area contributed by atoms with Crippen LogP contribution in [-0.2, 0) is 21.4 Å². The average Bonchev–Trinajstić information content (AvgIpc) is 3.20. The molecule has 170 valence electrons. The van der Waals surface area contributed by atoms with Gasteiger partial charge in [0.2, 0.25) is 27.6 Å². The first-order valence-electron chi connectivity index (χ1n) is 10.0. The SMILES string of the molecule is Cc1cccc(-c2noc(CNC(=O)CCCN(c3cccc(Cl)c3C)S(C)(=O)=O)n2)c1. The summed E-state index contributed by atoms with van der Waals surface area (Å²) in [7, 11) is -3.53. The minimum Gasteiger partial charge on any atom is -0.347 e. The van der Waals surface area contributed by atoms with Gasteiger partial charge in [0.15, 0.2) is 0 Å². The molecule has 0 fully saturated rings. The zero-order valence-corrected chi connectivity index (χ0v) is 19.7. The molecule has 3 rings (SSSR count). The number of rotatable bonds is 9. The van der Waals surface area contributed by atoms with Crippen molar-refractivity contribution in [3.05, 3.63) is 64.5 Å². The second-order valence-corrected chi connectivity index (χ2v) is 9.79. The van der Waals surface area contributed by atoms with Gasteiger partial charge in [-0.25, -0.2) is 8.42 Å². The maximum atomic E-state index is 12.3. The summed E-state index contributed by atoms with van der Waals surface area (Å²) in [4.78, 5) is 16.5. The van der Waals surface area contributed by atoms with Crippen molar-refractivity contribution in [2.45, 2.75) is 33.2 Å². The highest BCUT2D eigenvalue weighted by Crippen LogP contribution is 2.28. The number of amides is 1. The van der Waals surface area contributed by atoms with E-state index in [4.69, 9.17) is 16.1 Å². The Labute approximate surface area is 192 Å². The molecular formula is C22H25ClN4O4S. The number of nitrogens with one attached hydrogen (secondary N) is 1. The molecule has 0 spiro atoms. The molecule has 32 heavy (non-hydrogen) atoms. The van der Waals surface area contributed by atoms with Crippen molar-refractivity contribution < 1.29 is 17.7 Å². The van der Waals surface area contributed by atoms with Crippen molar-refractivity contribution in [2.75, 3.05) is 17.1 Å². The van der Waals surface area contributed by atoms with Gasteiger partial charge in [0.1, 0.15) is 0 Å². The Hall–Kier alpha value is -2.91. The van der Waals surface area contributed by atoms with E-state index in [1.54, 1.807) is 25.1 Å². The molecule has 0 aliphatic carbocycles. The molecule has 1 amide bonds. The van der Waals surface area contributed by atoms with Crippen LogP contribution in [0.1, 0.15) is 29.9 Å². The summed E-state index contributed by atoms with van der Waals surface area (Å²) in [5.74, 6) is 0.511. The van der Waals surface area contributed by atoms with Gasteiger partial charge in [-0.2, -0.15) is 4.98 Å². The summed E-state index contributed by atoms with van der Waals surface area (Å²) in [6, 6.07) is 12.8. The molecule has 0 atom stereocenters. The van der Waals surface area contributed by atoms with Crippen LogP contribution in [-0.4, -0.2) is 37.3 Å². The van der Waals surface area contributed by atoms with Gasteiger partial charge in [0.25, 0.3) is 0 Å². The number of aromatic nitrogens is 2. The minimum atomic E-state index is -3.53. The lowest BCUT2D eigenvalue weighted by Gasteiger charge is -2.24. The van der Waals surface area contributed by atoms with Crippen molar-refractivity contribution in [2.24, 2.45) is 0 Å². The van der Waals surface area contributed by atoms with Crippen LogP contribution in [0.15, 0.2) is 47.0 Å². The third-order valence-electron chi connectivity index (χ3n) is 4.85. The topological polar surface area (TPSA) is 105 Å². The molecule has 0 aliphatic heterocycles. The van der Waals surface area contributed by atoms with Crippen LogP contribution in [0.3, 0.4) is 0 Å². The Bertz CT molecular complexity index is 1210. The zero-order valence-electron chi connectivity index (χ0n) is 18.1. The van der Waals surface area contributed by atoms with E-state index in [1.165, 1.54) is 4.31 Å². The molecule has 1 heterocycles. The van der Waals surface area contributed by atoms with E-state index in [1.807, 2.05) is 31.2 Å². The van der Waals surface area contributed by atoms with Gasteiger partial charge in [0, 0.05) is 23.6 Å². The fourth-order valence-corrected chi connectivity index (χ4v) is 4.39. The van der Waals surface area contributed by atoms with Gasteiger partial charge in [-0.3, -0.25) is 9.10 Å². The summed E-state index contributed by atoms with van der Waals surface area (Å²) in [5.41, 5.74) is 3.10. The molecule has 1 N–H and O–H groups in total. The summed E-state index contributed by atoms with van der Waals surface area (Å²) >= 11 is 6.13.